The number of benzene rings is 1. The number of hydrogen-bond acceptors (Lipinski definition) is 3. The summed E-state index contributed by atoms with van der Waals surface area (Å²) in [5, 5.41) is 0. The highest BCUT2D eigenvalue weighted by Crippen LogP contribution is 2.26. The number of hydrogen-bond donors (Lipinski definition) is 1. The molecule has 1 aliphatic heterocycles. The van der Waals surface area contributed by atoms with Crippen molar-refractivity contribution in [1.82, 2.24) is 4.31 Å². The van der Waals surface area contributed by atoms with Crippen molar-refractivity contribution in [3.05, 3.63) is 29.8 Å². The Morgan fingerprint density at radius 1 is 1.33 bits per heavy atom. The van der Waals surface area contributed by atoms with E-state index in [1.165, 1.54) is 0 Å². The van der Waals surface area contributed by atoms with Crippen molar-refractivity contribution in [2.75, 3.05) is 13.1 Å². The quantitative estimate of drug-likeness (QED) is 0.864. The molecular formula is C15H22N2O2S2. The molecule has 2 rings (SSSR count). The van der Waals surface area contributed by atoms with E-state index in [1.807, 2.05) is 0 Å². The molecule has 0 radical (unpaired) electrons. The summed E-state index contributed by atoms with van der Waals surface area (Å²) in [6, 6.07) is 6.72. The van der Waals surface area contributed by atoms with E-state index in [1.54, 1.807) is 28.6 Å². The van der Waals surface area contributed by atoms with Gasteiger partial charge in [0, 0.05) is 18.7 Å². The number of sulfonamides is 1. The fourth-order valence-corrected chi connectivity index (χ4v) is 4.76. The van der Waals surface area contributed by atoms with Gasteiger partial charge in [-0.05, 0) is 31.2 Å². The molecule has 1 aromatic carbocycles. The first kappa shape index (κ1) is 16.4. The van der Waals surface area contributed by atoms with Crippen molar-refractivity contribution in [1.29, 1.82) is 0 Å². The second-order valence-corrected chi connectivity index (χ2v) is 7.82. The van der Waals surface area contributed by atoms with Crippen LogP contribution in [-0.2, 0) is 10.0 Å². The molecule has 21 heavy (non-hydrogen) atoms. The molecule has 0 amide bonds. The average molecular weight is 326 g/mol. The highest BCUT2D eigenvalue weighted by molar-refractivity contribution is 7.89. The maximum Gasteiger partial charge on any atom is 0.243 e. The lowest BCUT2D eigenvalue weighted by atomic mass is 9.98. The van der Waals surface area contributed by atoms with Crippen LogP contribution in [0.2, 0.25) is 0 Å². The monoisotopic (exact) mass is 326 g/mol. The smallest absolute Gasteiger partial charge is 0.243 e. The Balaban J connectivity index is 2.32. The zero-order chi connectivity index (χ0) is 15.5. The van der Waals surface area contributed by atoms with Gasteiger partial charge in [-0.2, -0.15) is 4.31 Å². The van der Waals surface area contributed by atoms with Gasteiger partial charge in [0.1, 0.15) is 4.99 Å². The van der Waals surface area contributed by atoms with Crippen LogP contribution >= 0.6 is 12.2 Å². The lowest BCUT2D eigenvalue weighted by Crippen LogP contribution is -2.33. The second kappa shape index (κ2) is 6.85. The largest absolute Gasteiger partial charge is 0.389 e. The van der Waals surface area contributed by atoms with Crippen LogP contribution in [-0.4, -0.2) is 30.8 Å². The Kier molecular flexibility index (Phi) is 5.35. The minimum Gasteiger partial charge on any atom is -0.389 e. The molecule has 1 aromatic rings. The first-order valence-electron chi connectivity index (χ1n) is 7.35. The molecule has 0 aromatic heterocycles. The van der Waals surface area contributed by atoms with Crippen molar-refractivity contribution in [3.8, 4) is 0 Å². The van der Waals surface area contributed by atoms with Crippen molar-refractivity contribution < 1.29 is 8.42 Å². The van der Waals surface area contributed by atoms with Crippen LogP contribution < -0.4 is 5.73 Å². The molecule has 1 heterocycles. The molecule has 0 spiro atoms. The van der Waals surface area contributed by atoms with E-state index in [0.29, 0.717) is 24.6 Å². The van der Waals surface area contributed by atoms with Gasteiger partial charge in [-0.3, -0.25) is 0 Å². The van der Waals surface area contributed by atoms with Crippen molar-refractivity contribution in [2.45, 2.75) is 37.5 Å². The molecule has 1 aliphatic rings. The zero-order valence-corrected chi connectivity index (χ0v) is 13.9. The summed E-state index contributed by atoms with van der Waals surface area (Å²) in [5.74, 6) is 0.621. The maximum atomic E-state index is 12.9. The third-order valence-corrected chi connectivity index (χ3v) is 6.33. The second-order valence-electron chi connectivity index (χ2n) is 5.47. The van der Waals surface area contributed by atoms with Crippen LogP contribution in [0.5, 0.6) is 0 Å². The van der Waals surface area contributed by atoms with Gasteiger partial charge in [0.25, 0.3) is 0 Å². The summed E-state index contributed by atoms with van der Waals surface area (Å²) < 4.78 is 27.3. The number of nitrogens with two attached hydrogens (primary N) is 1. The van der Waals surface area contributed by atoms with Crippen LogP contribution in [0.3, 0.4) is 0 Å². The Hall–Kier alpha value is -0.980. The number of nitrogens with zero attached hydrogens (tertiary/aromatic N) is 1. The fraction of sp³-hybridized carbons (Fsp3) is 0.533. The Morgan fingerprint density at radius 3 is 2.71 bits per heavy atom. The van der Waals surface area contributed by atoms with E-state index >= 15 is 0 Å². The Labute approximate surface area is 132 Å². The summed E-state index contributed by atoms with van der Waals surface area (Å²) in [5.41, 5.74) is 6.10. The van der Waals surface area contributed by atoms with Crippen LogP contribution in [0, 0.1) is 5.92 Å². The van der Waals surface area contributed by atoms with E-state index in [0.717, 1.165) is 25.7 Å². The SMILES string of the molecule is CCC1CCCN(S(=O)(=O)c2ccccc2C(N)=S)CC1. The molecular weight excluding hydrogens is 304 g/mol. The first-order valence-corrected chi connectivity index (χ1v) is 9.20. The van der Waals surface area contributed by atoms with Gasteiger partial charge in [0.15, 0.2) is 0 Å². The maximum absolute atomic E-state index is 12.9. The van der Waals surface area contributed by atoms with E-state index in [4.69, 9.17) is 18.0 Å². The Morgan fingerprint density at radius 2 is 2.05 bits per heavy atom. The van der Waals surface area contributed by atoms with E-state index in [-0.39, 0.29) is 9.88 Å². The number of rotatable bonds is 4. The highest BCUT2D eigenvalue weighted by Gasteiger charge is 2.29. The van der Waals surface area contributed by atoms with E-state index in [2.05, 4.69) is 6.92 Å². The van der Waals surface area contributed by atoms with Gasteiger partial charge in [-0.25, -0.2) is 8.42 Å². The summed E-state index contributed by atoms with van der Waals surface area (Å²) >= 11 is 4.98. The fourth-order valence-electron chi connectivity index (χ4n) is 2.82. The van der Waals surface area contributed by atoms with Gasteiger partial charge in [0.05, 0.1) is 4.90 Å². The molecule has 1 unspecified atom stereocenters. The zero-order valence-electron chi connectivity index (χ0n) is 12.3. The summed E-state index contributed by atoms with van der Waals surface area (Å²) in [6.07, 6.45) is 4.04. The normalized spacial score (nSPS) is 20.9. The highest BCUT2D eigenvalue weighted by atomic mass is 32.2. The van der Waals surface area contributed by atoms with E-state index < -0.39 is 10.0 Å². The van der Waals surface area contributed by atoms with Gasteiger partial charge < -0.3 is 5.73 Å². The molecule has 2 N–H and O–H groups in total. The van der Waals surface area contributed by atoms with Crippen molar-refractivity contribution in [2.24, 2.45) is 11.7 Å². The van der Waals surface area contributed by atoms with Gasteiger partial charge in [-0.15, -0.1) is 0 Å². The van der Waals surface area contributed by atoms with Crippen LogP contribution in [0.25, 0.3) is 0 Å². The third kappa shape index (κ3) is 3.62. The van der Waals surface area contributed by atoms with E-state index in [9.17, 15) is 8.42 Å². The topological polar surface area (TPSA) is 63.4 Å². The predicted molar refractivity (Wildman–Crippen MR) is 88.7 cm³/mol. The van der Waals surface area contributed by atoms with Gasteiger partial charge in [0.2, 0.25) is 10.0 Å². The summed E-state index contributed by atoms with van der Waals surface area (Å²) in [4.78, 5) is 0.350. The van der Waals surface area contributed by atoms with Crippen LogP contribution in [0.1, 0.15) is 38.2 Å². The molecule has 116 valence electrons. The first-order chi connectivity index (χ1) is 9.96. The van der Waals surface area contributed by atoms with Gasteiger partial charge >= 0.3 is 0 Å². The van der Waals surface area contributed by atoms with Gasteiger partial charge in [-0.1, -0.05) is 43.8 Å². The average Bonchev–Trinajstić information content (AvgIpc) is 2.73. The standard InChI is InChI=1S/C15H22N2O2S2/c1-2-12-6-5-10-17(11-9-12)21(18,19)14-8-4-3-7-13(14)15(16)20/h3-4,7-8,12H,2,5-6,9-11H2,1H3,(H2,16,20). The number of thiocarbonyl (C=S) groups is 1. The Bertz CT molecular complexity index is 614. The molecule has 0 saturated carbocycles. The minimum atomic E-state index is -3.53. The molecule has 1 fully saturated rings. The van der Waals surface area contributed by atoms with Crippen LogP contribution in [0.4, 0.5) is 0 Å². The third-order valence-electron chi connectivity index (χ3n) is 4.15. The molecule has 0 bridgehead atoms. The summed E-state index contributed by atoms with van der Waals surface area (Å²) in [7, 11) is -3.53. The molecule has 1 atom stereocenters. The van der Waals surface area contributed by atoms with Crippen molar-refractivity contribution in [3.63, 3.8) is 0 Å². The summed E-state index contributed by atoms with van der Waals surface area (Å²) in [6.45, 7) is 3.31. The molecule has 6 heteroatoms. The van der Waals surface area contributed by atoms with Crippen LogP contribution in [0.15, 0.2) is 29.2 Å². The lowest BCUT2D eigenvalue weighted by molar-refractivity contribution is 0.407. The molecule has 1 saturated heterocycles. The van der Waals surface area contributed by atoms with Crippen molar-refractivity contribution >= 4 is 27.2 Å². The minimum absolute atomic E-state index is 0.121. The lowest BCUT2D eigenvalue weighted by Gasteiger charge is -2.21. The molecule has 0 aliphatic carbocycles. The predicted octanol–water partition coefficient (Wildman–Crippen LogP) is 2.52. The molecule has 4 nitrogen and oxygen atoms in total.